The first-order valence-corrected chi connectivity index (χ1v) is 9.04. The SMILES string of the molecule is CCOc1ccc(C(=O)NC2CCN(C(=O)c3ccco3)CC2)cc1[N+](=O)[O-]. The molecule has 0 saturated carbocycles. The van der Waals surface area contributed by atoms with Crippen molar-refractivity contribution >= 4 is 17.5 Å². The first kappa shape index (κ1) is 19.4. The van der Waals surface area contributed by atoms with Gasteiger partial charge in [0.1, 0.15) is 0 Å². The van der Waals surface area contributed by atoms with Crippen LogP contribution in [0.25, 0.3) is 0 Å². The van der Waals surface area contributed by atoms with Crippen molar-refractivity contribution in [3.63, 3.8) is 0 Å². The van der Waals surface area contributed by atoms with Crippen molar-refractivity contribution in [2.24, 2.45) is 0 Å². The largest absolute Gasteiger partial charge is 0.487 e. The number of likely N-dealkylation sites (tertiary alicyclic amines) is 1. The molecule has 9 heteroatoms. The van der Waals surface area contributed by atoms with E-state index in [9.17, 15) is 19.7 Å². The molecule has 0 radical (unpaired) electrons. The standard InChI is InChI=1S/C19H21N3O6/c1-2-27-16-6-5-13(12-15(16)22(25)26)18(23)20-14-7-9-21(10-8-14)19(24)17-4-3-11-28-17/h3-6,11-12,14H,2,7-10H2,1H3,(H,20,23). The molecule has 1 aromatic heterocycles. The number of nitrogens with one attached hydrogen (secondary N) is 1. The molecule has 1 aliphatic rings. The van der Waals surface area contributed by atoms with Crippen LogP contribution in [0.5, 0.6) is 5.75 Å². The van der Waals surface area contributed by atoms with Crippen LogP contribution in [0, 0.1) is 10.1 Å². The molecule has 0 spiro atoms. The van der Waals surface area contributed by atoms with Crippen molar-refractivity contribution in [2.75, 3.05) is 19.7 Å². The minimum atomic E-state index is -0.569. The highest BCUT2D eigenvalue weighted by atomic mass is 16.6. The fourth-order valence-electron chi connectivity index (χ4n) is 3.13. The van der Waals surface area contributed by atoms with Crippen LogP contribution in [0.4, 0.5) is 5.69 Å². The maximum Gasteiger partial charge on any atom is 0.311 e. The van der Waals surface area contributed by atoms with E-state index in [-0.39, 0.29) is 34.9 Å². The van der Waals surface area contributed by atoms with E-state index in [4.69, 9.17) is 9.15 Å². The predicted molar refractivity (Wildman–Crippen MR) is 99.4 cm³/mol. The summed E-state index contributed by atoms with van der Waals surface area (Å²) < 4.78 is 10.4. The maximum absolute atomic E-state index is 12.5. The lowest BCUT2D eigenvalue weighted by Gasteiger charge is -2.31. The van der Waals surface area contributed by atoms with Crippen molar-refractivity contribution in [1.82, 2.24) is 10.2 Å². The maximum atomic E-state index is 12.5. The molecule has 2 aromatic rings. The summed E-state index contributed by atoms with van der Waals surface area (Å²) in [5.41, 5.74) is -0.0439. The quantitative estimate of drug-likeness (QED) is 0.602. The Balaban J connectivity index is 1.59. The smallest absolute Gasteiger partial charge is 0.311 e. The third-order valence-electron chi connectivity index (χ3n) is 4.57. The highest BCUT2D eigenvalue weighted by Crippen LogP contribution is 2.28. The number of carbonyl (C=O) groups is 2. The van der Waals surface area contributed by atoms with Crippen LogP contribution < -0.4 is 10.1 Å². The van der Waals surface area contributed by atoms with Gasteiger partial charge in [-0.3, -0.25) is 19.7 Å². The molecule has 0 unspecified atom stereocenters. The Morgan fingerprint density at radius 2 is 2.07 bits per heavy atom. The number of nitro benzene ring substituents is 1. The molecule has 1 saturated heterocycles. The number of benzene rings is 1. The van der Waals surface area contributed by atoms with Crippen LogP contribution in [0.1, 0.15) is 40.7 Å². The van der Waals surface area contributed by atoms with Crippen molar-refractivity contribution in [3.8, 4) is 5.75 Å². The average Bonchev–Trinajstić information content (AvgIpc) is 3.23. The lowest BCUT2D eigenvalue weighted by atomic mass is 10.0. The molecular weight excluding hydrogens is 366 g/mol. The van der Waals surface area contributed by atoms with E-state index in [1.54, 1.807) is 24.0 Å². The van der Waals surface area contributed by atoms with Crippen LogP contribution in [0.3, 0.4) is 0 Å². The lowest BCUT2D eigenvalue weighted by Crippen LogP contribution is -2.46. The Bertz CT molecular complexity index is 857. The van der Waals surface area contributed by atoms with Gasteiger partial charge in [-0.05, 0) is 44.0 Å². The summed E-state index contributed by atoms with van der Waals surface area (Å²) in [7, 11) is 0. The van der Waals surface area contributed by atoms with E-state index in [1.807, 2.05) is 0 Å². The second-order valence-corrected chi connectivity index (χ2v) is 6.39. The zero-order valence-corrected chi connectivity index (χ0v) is 15.4. The summed E-state index contributed by atoms with van der Waals surface area (Å²) in [5.74, 6) is -0.128. The van der Waals surface area contributed by atoms with Crippen LogP contribution >= 0.6 is 0 Å². The van der Waals surface area contributed by atoms with E-state index in [1.165, 1.54) is 24.5 Å². The fraction of sp³-hybridized carbons (Fsp3) is 0.368. The van der Waals surface area contributed by atoms with Crippen molar-refractivity contribution in [3.05, 3.63) is 58.0 Å². The summed E-state index contributed by atoms with van der Waals surface area (Å²) >= 11 is 0. The Kier molecular flexibility index (Phi) is 5.93. The summed E-state index contributed by atoms with van der Waals surface area (Å²) in [6, 6.07) is 7.32. The number of hydrogen-bond donors (Lipinski definition) is 1. The number of nitro groups is 1. The van der Waals surface area contributed by atoms with Gasteiger partial charge in [0.15, 0.2) is 11.5 Å². The molecule has 0 aliphatic carbocycles. The van der Waals surface area contributed by atoms with Crippen molar-refractivity contribution in [2.45, 2.75) is 25.8 Å². The summed E-state index contributed by atoms with van der Waals surface area (Å²) in [6.45, 7) is 3.01. The van der Waals surface area contributed by atoms with Gasteiger partial charge in [-0.25, -0.2) is 0 Å². The van der Waals surface area contributed by atoms with Gasteiger partial charge in [-0.2, -0.15) is 0 Å². The number of nitrogens with zero attached hydrogens (tertiary/aromatic N) is 2. The van der Waals surface area contributed by atoms with Gasteiger partial charge in [0.2, 0.25) is 0 Å². The molecule has 2 heterocycles. The van der Waals surface area contributed by atoms with Gasteiger partial charge in [-0.1, -0.05) is 0 Å². The van der Waals surface area contributed by atoms with E-state index in [0.29, 0.717) is 38.3 Å². The Morgan fingerprint density at radius 3 is 2.68 bits per heavy atom. The molecule has 9 nitrogen and oxygen atoms in total. The summed E-state index contributed by atoms with van der Waals surface area (Å²) in [5, 5.41) is 14.1. The normalized spacial score (nSPS) is 14.5. The minimum Gasteiger partial charge on any atom is -0.487 e. The molecular formula is C19H21N3O6. The van der Waals surface area contributed by atoms with Crippen LogP contribution in [-0.2, 0) is 0 Å². The third-order valence-corrected chi connectivity index (χ3v) is 4.57. The fourth-order valence-corrected chi connectivity index (χ4v) is 3.13. The highest BCUT2D eigenvalue weighted by molar-refractivity contribution is 5.95. The molecule has 0 bridgehead atoms. The molecule has 1 fully saturated rings. The Hall–Kier alpha value is -3.36. The van der Waals surface area contributed by atoms with Gasteiger partial charge in [0.25, 0.3) is 11.8 Å². The van der Waals surface area contributed by atoms with Gasteiger partial charge in [-0.15, -0.1) is 0 Å². The predicted octanol–water partition coefficient (Wildman–Crippen LogP) is 2.62. The van der Waals surface area contributed by atoms with E-state index < -0.39 is 4.92 Å². The van der Waals surface area contributed by atoms with Gasteiger partial charge < -0.3 is 19.4 Å². The minimum absolute atomic E-state index is 0.112. The van der Waals surface area contributed by atoms with Crippen LogP contribution in [0.15, 0.2) is 41.0 Å². The number of amides is 2. The van der Waals surface area contributed by atoms with E-state index in [0.717, 1.165) is 0 Å². The second-order valence-electron chi connectivity index (χ2n) is 6.39. The van der Waals surface area contributed by atoms with Crippen molar-refractivity contribution in [1.29, 1.82) is 0 Å². The number of ether oxygens (including phenoxy) is 1. The topological polar surface area (TPSA) is 115 Å². The van der Waals surface area contributed by atoms with Crippen molar-refractivity contribution < 1.29 is 23.7 Å². The monoisotopic (exact) mass is 387 g/mol. The summed E-state index contributed by atoms with van der Waals surface area (Å²) in [4.78, 5) is 37.1. The molecule has 2 amide bonds. The number of carbonyl (C=O) groups excluding carboxylic acids is 2. The number of piperidine rings is 1. The molecule has 28 heavy (non-hydrogen) atoms. The second kappa shape index (κ2) is 8.55. The van der Waals surface area contributed by atoms with Crippen LogP contribution in [-0.4, -0.2) is 47.4 Å². The summed E-state index contributed by atoms with van der Waals surface area (Å²) in [6.07, 6.45) is 2.64. The Labute approximate surface area is 161 Å². The van der Waals surface area contributed by atoms with Crippen LogP contribution in [0.2, 0.25) is 0 Å². The van der Waals surface area contributed by atoms with E-state index in [2.05, 4.69) is 5.32 Å². The first-order chi connectivity index (χ1) is 13.5. The zero-order chi connectivity index (χ0) is 20.1. The number of hydrogen-bond acceptors (Lipinski definition) is 6. The van der Waals surface area contributed by atoms with Gasteiger partial charge in [0, 0.05) is 30.8 Å². The zero-order valence-electron chi connectivity index (χ0n) is 15.4. The molecule has 148 valence electrons. The molecule has 3 rings (SSSR count). The molecule has 1 aliphatic heterocycles. The Morgan fingerprint density at radius 1 is 1.32 bits per heavy atom. The third kappa shape index (κ3) is 4.30. The van der Waals surface area contributed by atoms with E-state index >= 15 is 0 Å². The average molecular weight is 387 g/mol. The highest BCUT2D eigenvalue weighted by Gasteiger charge is 2.26. The van der Waals surface area contributed by atoms with Gasteiger partial charge >= 0.3 is 5.69 Å². The first-order valence-electron chi connectivity index (χ1n) is 9.04. The molecule has 1 N–H and O–H groups in total. The molecule has 1 aromatic carbocycles. The van der Waals surface area contributed by atoms with Gasteiger partial charge in [0.05, 0.1) is 17.8 Å². The number of furan rings is 1. The molecule has 0 atom stereocenters. The number of rotatable bonds is 6. The lowest BCUT2D eigenvalue weighted by molar-refractivity contribution is -0.385.